The minimum atomic E-state index is -0.231. The summed E-state index contributed by atoms with van der Waals surface area (Å²) in [6.07, 6.45) is 0. The van der Waals surface area contributed by atoms with Crippen molar-refractivity contribution in [2.75, 3.05) is 33.4 Å². The first-order valence-electron chi connectivity index (χ1n) is 10.2. The highest BCUT2D eigenvalue weighted by atomic mass is 19.1. The molecule has 0 bridgehead atoms. The van der Waals surface area contributed by atoms with Gasteiger partial charge in [-0.2, -0.15) is 0 Å². The average Bonchev–Trinajstić information content (AvgIpc) is 3.26. The molecular formula is C23H31FN2O3. The third kappa shape index (κ3) is 5.46. The molecule has 0 saturated carbocycles. The zero-order chi connectivity index (χ0) is 21.0. The van der Waals surface area contributed by atoms with Crippen LogP contribution in [-0.4, -0.2) is 55.1 Å². The van der Waals surface area contributed by atoms with Crippen LogP contribution >= 0.6 is 0 Å². The lowest BCUT2D eigenvalue weighted by atomic mass is 9.88. The van der Waals surface area contributed by atoms with Crippen molar-refractivity contribution in [3.63, 3.8) is 0 Å². The number of likely N-dealkylation sites (tertiary alicyclic amines) is 1. The molecule has 3 rings (SSSR count). The number of nitrogens with zero attached hydrogens (tertiary/aromatic N) is 2. The lowest BCUT2D eigenvalue weighted by Crippen LogP contribution is -2.43. The summed E-state index contributed by atoms with van der Waals surface area (Å²) in [7, 11) is 1.54. The monoisotopic (exact) mass is 402 g/mol. The molecule has 1 aliphatic heterocycles. The van der Waals surface area contributed by atoms with Gasteiger partial charge < -0.3 is 14.1 Å². The summed E-state index contributed by atoms with van der Waals surface area (Å²) < 4.78 is 24.3. The number of carbonyl (C=O) groups is 1. The van der Waals surface area contributed by atoms with Crippen molar-refractivity contribution in [1.29, 1.82) is 0 Å². The average molecular weight is 403 g/mol. The second kappa shape index (κ2) is 9.55. The highest BCUT2D eigenvalue weighted by Gasteiger charge is 2.36. The van der Waals surface area contributed by atoms with Gasteiger partial charge in [-0.1, -0.05) is 12.1 Å². The van der Waals surface area contributed by atoms with Crippen molar-refractivity contribution in [3.8, 4) is 0 Å². The molecule has 1 amide bonds. The highest BCUT2D eigenvalue weighted by Crippen LogP contribution is 2.34. The molecule has 2 unspecified atom stereocenters. The molecule has 0 N–H and O–H groups in total. The number of rotatable bonds is 8. The molecular weight excluding hydrogens is 371 g/mol. The Morgan fingerprint density at radius 1 is 1.24 bits per heavy atom. The van der Waals surface area contributed by atoms with Gasteiger partial charge in [-0.15, -0.1) is 0 Å². The standard InChI is InChI=1S/C23H31FN2O3/c1-16(2)26(23(27)15-28-4)12-19-11-25(13-21-10-5-17(3)29-21)14-22(19)18-6-8-20(24)9-7-18/h5-10,16,19,22H,11-15H2,1-4H3. The minimum Gasteiger partial charge on any atom is -0.465 e. The van der Waals surface area contributed by atoms with E-state index in [-0.39, 0.29) is 36.2 Å². The van der Waals surface area contributed by atoms with Crippen LogP contribution in [0.3, 0.4) is 0 Å². The van der Waals surface area contributed by atoms with E-state index in [1.807, 2.05) is 49.9 Å². The molecule has 2 heterocycles. The molecule has 2 aromatic rings. The van der Waals surface area contributed by atoms with Crippen molar-refractivity contribution >= 4 is 5.91 Å². The van der Waals surface area contributed by atoms with Gasteiger partial charge in [-0.3, -0.25) is 9.69 Å². The van der Waals surface area contributed by atoms with Crippen LogP contribution in [0.2, 0.25) is 0 Å². The van der Waals surface area contributed by atoms with Crippen LogP contribution < -0.4 is 0 Å². The van der Waals surface area contributed by atoms with E-state index in [0.717, 1.165) is 36.7 Å². The molecule has 158 valence electrons. The van der Waals surface area contributed by atoms with Crippen molar-refractivity contribution in [2.24, 2.45) is 5.92 Å². The second-order valence-corrected chi connectivity index (χ2v) is 8.20. The van der Waals surface area contributed by atoms with Crippen molar-refractivity contribution in [2.45, 2.75) is 39.3 Å². The van der Waals surface area contributed by atoms with E-state index in [2.05, 4.69) is 4.90 Å². The van der Waals surface area contributed by atoms with Crippen LogP contribution in [0.25, 0.3) is 0 Å². The molecule has 29 heavy (non-hydrogen) atoms. The molecule has 1 aromatic heterocycles. The SMILES string of the molecule is COCC(=O)N(CC1CN(Cc2ccc(C)o2)CC1c1ccc(F)cc1)C(C)C. The quantitative estimate of drug-likeness (QED) is 0.673. The fourth-order valence-electron chi connectivity index (χ4n) is 4.21. The van der Waals surface area contributed by atoms with E-state index in [1.54, 1.807) is 7.11 Å². The van der Waals surface area contributed by atoms with Crippen molar-refractivity contribution in [3.05, 3.63) is 59.3 Å². The van der Waals surface area contributed by atoms with E-state index in [0.29, 0.717) is 6.54 Å². The Kier molecular flexibility index (Phi) is 7.09. The Morgan fingerprint density at radius 3 is 2.55 bits per heavy atom. The number of ether oxygens (including phenoxy) is 1. The zero-order valence-corrected chi connectivity index (χ0v) is 17.7. The lowest BCUT2D eigenvalue weighted by Gasteiger charge is -2.31. The Hall–Kier alpha value is -2.18. The Labute approximate surface area is 172 Å². The molecule has 1 aromatic carbocycles. The highest BCUT2D eigenvalue weighted by molar-refractivity contribution is 5.77. The molecule has 2 atom stereocenters. The smallest absolute Gasteiger partial charge is 0.248 e. The molecule has 1 aliphatic rings. The third-order valence-electron chi connectivity index (χ3n) is 5.63. The normalized spacial score (nSPS) is 19.8. The van der Waals surface area contributed by atoms with E-state index in [4.69, 9.17) is 9.15 Å². The summed E-state index contributed by atoms with van der Waals surface area (Å²) in [5, 5.41) is 0. The van der Waals surface area contributed by atoms with E-state index in [1.165, 1.54) is 12.1 Å². The van der Waals surface area contributed by atoms with Gasteiger partial charge in [-0.25, -0.2) is 4.39 Å². The van der Waals surface area contributed by atoms with Crippen LogP contribution in [0.4, 0.5) is 4.39 Å². The maximum absolute atomic E-state index is 13.5. The first-order valence-corrected chi connectivity index (χ1v) is 10.2. The molecule has 5 nitrogen and oxygen atoms in total. The summed E-state index contributed by atoms with van der Waals surface area (Å²) >= 11 is 0. The lowest BCUT2D eigenvalue weighted by molar-refractivity contribution is -0.137. The first kappa shape index (κ1) is 21.5. The Bertz CT molecular complexity index is 803. The van der Waals surface area contributed by atoms with Gasteiger partial charge in [-0.05, 0) is 56.5 Å². The molecule has 1 fully saturated rings. The maximum Gasteiger partial charge on any atom is 0.248 e. The van der Waals surface area contributed by atoms with Crippen LogP contribution in [0.5, 0.6) is 0 Å². The number of amides is 1. The van der Waals surface area contributed by atoms with Gasteiger partial charge in [0.25, 0.3) is 0 Å². The number of carbonyl (C=O) groups excluding carboxylic acids is 1. The van der Waals surface area contributed by atoms with E-state index < -0.39 is 0 Å². The number of aryl methyl sites for hydroxylation is 1. The number of benzene rings is 1. The van der Waals surface area contributed by atoms with Gasteiger partial charge in [0, 0.05) is 38.7 Å². The largest absolute Gasteiger partial charge is 0.465 e. The fraction of sp³-hybridized carbons (Fsp3) is 0.522. The topological polar surface area (TPSA) is 45.9 Å². The Morgan fingerprint density at radius 2 is 1.97 bits per heavy atom. The van der Waals surface area contributed by atoms with E-state index >= 15 is 0 Å². The summed E-state index contributed by atoms with van der Waals surface area (Å²) in [6.45, 7) is 9.16. The molecule has 0 spiro atoms. The maximum atomic E-state index is 13.5. The number of furan rings is 1. The van der Waals surface area contributed by atoms with Crippen LogP contribution in [-0.2, 0) is 16.1 Å². The predicted molar refractivity (Wildman–Crippen MR) is 110 cm³/mol. The van der Waals surface area contributed by atoms with E-state index in [9.17, 15) is 9.18 Å². The molecule has 6 heteroatoms. The number of methoxy groups -OCH3 is 1. The van der Waals surface area contributed by atoms with Gasteiger partial charge >= 0.3 is 0 Å². The number of hydrogen-bond acceptors (Lipinski definition) is 4. The fourth-order valence-corrected chi connectivity index (χ4v) is 4.21. The second-order valence-electron chi connectivity index (χ2n) is 8.20. The van der Waals surface area contributed by atoms with Gasteiger partial charge in [0.05, 0.1) is 6.54 Å². The summed E-state index contributed by atoms with van der Waals surface area (Å²) in [6, 6.07) is 10.8. The van der Waals surface area contributed by atoms with Gasteiger partial charge in [0.1, 0.15) is 23.9 Å². The molecule has 1 saturated heterocycles. The van der Waals surface area contributed by atoms with Crippen LogP contribution in [0, 0.1) is 18.7 Å². The summed E-state index contributed by atoms with van der Waals surface area (Å²) in [4.78, 5) is 16.8. The third-order valence-corrected chi connectivity index (χ3v) is 5.63. The first-order chi connectivity index (χ1) is 13.9. The Balaban J connectivity index is 1.79. The number of hydrogen-bond donors (Lipinski definition) is 0. The zero-order valence-electron chi connectivity index (χ0n) is 17.7. The number of halogens is 1. The summed E-state index contributed by atoms with van der Waals surface area (Å²) in [5.41, 5.74) is 1.11. The molecule has 0 radical (unpaired) electrons. The van der Waals surface area contributed by atoms with Crippen LogP contribution in [0.1, 0.15) is 36.8 Å². The predicted octanol–water partition coefficient (Wildman–Crippen LogP) is 3.83. The molecule has 0 aliphatic carbocycles. The van der Waals surface area contributed by atoms with Gasteiger partial charge in [0.2, 0.25) is 5.91 Å². The summed E-state index contributed by atoms with van der Waals surface area (Å²) in [5.74, 6) is 2.09. The van der Waals surface area contributed by atoms with Crippen LogP contribution in [0.15, 0.2) is 40.8 Å². The minimum absolute atomic E-state index is 0.000431. The van der Waals surface area contributed by atoms with Gasteiger partial charge in [0.15, 0.2) is 0 Å². The van der Waals surface area contributed by atoms with Crippen molar-refractivity contribution in [1.82, 2.24) is 9.80 Å². The van der Waals surface area contributed by atoms with Crippen molar-refractivity contribution < 1.29 is 18.3 Å².